The second-order valence-corrected chi connectivity index (χ2v) is 6.49. The fourth-order valence-corrected chi connectivity index (χ4v) is 4.10. The lowest BCUT2D eigenvalue weighted by Gasteiger charge is -2.43. The van der Waals surface area contributed by atoms with Crippen LogP contribution in [0.4, 0.5) is 0 Å². The molecule has 3 aliphatic rings. The summed E-state index contributed by atoms with van der Waals surface area (Å²) in [6.07, 6.45) is 8.84. The molecule has 4 nitrogen and oxygen atoms in total. The van der Waals surface area contributed by atoms with Crippen molar-refractivity contribution in [1.82, 2.24) is 9.80 Å². The summed E-state index contributed by atoms with van der Waals surface area (Å²) in [5.41, 5.74) is 0. The molecule has 2 heterocycles. The lowest BCUT2D eigenvalue weighted by molar-refractivity contribution is -0.143. The van der Waals surface area contributed by atoms with Gasteiger partial charge in [-0.2, -0.15) is 0 Å². The molecule has 1 aliphatic carbocycles. The van der Waals surface area contributed by atoms with Crippen LogP contribution < -0.4 is 0 Å². The molecule has 0 radical (unpaired) electrons. The van der Waals surface area contributed by atoms with Crippen LogP contribution in [0.2, 0.25) is 0 Å². The molecule has 0 unspecified atom stereocenters. The summed E-state index contributed by atoms with van der Waals surface area (Å²) in [4.78, 5) is 17.5. The molecule has 3 fully saturated rings. The van der Waals surface area contributed by atoms with Gasteiger partial charge < -0.3 is 9.64 Å². The van der Waals surface area contributed by atoms with Crippen LogP contribution in [0.1, 0.15) is 44.9 Å². The largest absolute Gasteiger partial charge is 0.378 e. The molecule has 0 N–H and O–H groups in total. The van der Waals surface area contributed by atoms with Gasteiger partial charge in [0.1, 0.15) is 0 Å². The van der Waals surface area contributed by atoms with Crippen molar-refractivity contribution in [2.24, 2.45) is 5.92 Å². The van der Waals surface area contributed by atoms with Gasteiger partial charge in [-0.1, -0.05) is 19.3 Å². The van der Waals surface area contributed by atoms with E-state index in [0.29, 0.717) is 25.2 Å². The number of hydrogen-bond acceptors (Lipinski definition) is 3. The minimum Gasteiger partial charge on any atom is -0.378 e. The summed E-state index contributed by atoms with van der Waals surface area (Å²) in [6, 6.07) is 0.513. The number of likely N-dealkylation sites (tertiary alicyclic amines) is 1. The number of morpholine rings is 1. The fourth-order valence-electron chi connectivity index (χ4n) is 4.10. The Morgan fingerprint density at radius 3 is 2.30 bits per heavy atom. The first-order valence-corrected chi connectivity index (χ1v) is 8.47. The smallest absolute Gasteiger partial charge is 0.227 e. The third-order valence-electron chi connectivity index (χ3n) is 5.23. The van der Waals surface area contributed by atoms with E-state index in [9.17, 15) is 4.79 Å². The average molecular weight is 280 g/mol. The first-order valence-electron chi connectivity index (χ1n) is 8.47. The summed E-state index contributed by atoms with van der Waals surface area (Å²) in [7, 11) is 0. The van der Waals surface area contributed by atoms with Crippen molar-refractivity contribution in [1.29, 1.82) is 0 Å². The summed E-state index contributed by atoms with van der Waals surface area (Å²) < 4.78 is 5.38. The second kappa shape index (κ2) is 6.90. The van der Waals surface area contributed by atoms with E-state index in [-0.39, 0.29) is 5.92 Å². The van der Waals surface area contributed by atoms with Gasteiger partial charge in [0.2, 0.25) is 5.91 Å². The Kier molecular flexibility index (Phi) is 4.94. The normalized spacial score (nSPS) is 33.1. The highest BCUT2D eigenvalue weighted by Crippen LogP contribution is 2.31. The highest BCUT2D eigenvalue weighted by Gasteiger charge is 2.37. The van der Waals surface area contributed by atoms with Crippen LogP contribution in [0.3, 0.4) is 0 Å². The third-order valence-corrected chi connectivity index (χ3v) is 5.23. The standard InChI is InChI=1S/C16H28N2O2/c19-16(18-10-12-20-13-11-18)14-6-2-3-7-15(14)17-8-4-1-5-9-17/h14-15H,1-13H2/t14-,15+/m0/s1. The van der Waals surface area contributed by atoms with Gasteiger partial charge in [-0.3, -0.25) is 9.69 Å². The first kappa shape index (κ1) is 14.3. The van der Waals surface area contributed by atoms with Gasteiger partial charge in [0.15, 0.2) is 0 Å². The van der Waals surface area contributed by atoms with Crippen LogP contribution in [-0.2, 0) is 9.53 Å². The molecule has 1 saturated carbocycles. The minimum atomic E-state index is 0.250. The Balaban J connectivity index is 1.65. The van der Waals surface area contributed by atoms with Gasteiger partial charge in [-0.05, 0) is 38.8 Å². The van der Waals surface area contributed by atoms with E-state index in [1.165, 1.54) is 51.6 Å². The van der Waals surface area contributed by atoms with Gasteiger partial charge in [-0.25, -0.2) is 0 Å². The van der Waals surface area contributed by atoms with E-state index in [2.05, 4.69) is 9.80 Å². The lowest BCUT2D eigenvalue weighted by atomic mass is 9.81. The number of rotatable bonds is 2. The highest BCUT2D eigenvalue weighted by atomic mass is 16.5. The zero-order chi connectivity index (χ0) is 13.8. The van der Waals surface area contributed by atoms with Crippen LogP contribution in [0.15, 0.2) is 0 Å². The Bertz CT molecular complexity index is 322. The van der Waals surface area contributed by atoms with Crippen molar-refractivity contribution < 1.29 is 9.53 Å². The number of hydrogen-bond donors (Lipinski definition) is 0. The van der Waals surface area contributed by atoms with Gasteiger partial charge in [-0.15, -0.1) is 0 Å². The zero-order valence-corrected chi connectivity index (χ0v) is 12.6. The maximum Gasteiger partial charge on any atom is 0.227 e. The van der Waals surface area contributed by atoms with Crippen molar-refractivity contribution in [2.75, 3.05) is 39.4 Å². The van der Waals surface area contributed by atoms with Crippen LogP contribution in [-0.4, -0.2) is 61.1 Å². The van der Waals surface area contributed by atoms with E-state index in [0.717, 1.165) is 19.5 Å². The van der Waals surface area contributed by atoms with Crippen molar-refractivity contribution in [2.45, 2.75) is 51.0 Å². The molecule has 0 aromatic heterocycles. The predicted molar refractivity (Wildman–Crippen MR) is 78.6 cm³/mol. The monoisotopic (exact) mass is 280 g/mol. The van der Waals surface area contributed by atoms with E-state index in [1.54, 1.807) is 0 Å². The number of carbonyl (C=O) groups excluding carboxylic acids is 1. The molecule has 2 aliphatic heterocycles. The van der Waals surface area contributed by atoms with E-state index in [1.807, 2.05) is 0 Å². The molecule has 0 spiro atoms. The molecule has 0 aromatic carbocycles. The molecule has 20 heavy (non-hydrogen) atoms. The zero-order valence-electron chi connectivity index (χ0n) is 12.6. The quantitative estimate of drug-likeness (QED) is 0.774. The van der Waals surface area contributed by atoms with Crippen LogP contribution in [0, 0.1) is 5.92 Å². The molecule has 3 rings (SSSR count). The van der Waals surface area contributed by atoms with Crippen LogP contribution >= 0.6 is 0 Å². The Labute approximate surface area is 122 Å². The van der Waals surface area contributed by atoms with Crippen LogP contribution in [0.5, 0.6) is 0 Å². The van der Waals surface area contributed by atoms with Gasteiger partial charge in [0.05, 0.1) is 19.1 Å². The fraction of sp³-hybridized carbons (Fsp3) is 0.938. The van der Waals surface area contributed by atoms with Crippen molar-refractivity contribution in [3.8, 4) is 0 Å². The minimum absolute atomic E-state index is 0.250. The van der Waals surface area contributed by atoms with Crippen molar-refractivity contribution >= 4 is 5.91 Å². The molecule has 4 heteroatoms. The number of piperidine rings is 1. The van der Waals surface area contributed by atoms with E-state index < -0.39 is 0 Å². The maximum atomic E-state index is 12.8. The molecule has 2 saturated heterocycles. The molecule has 114 valence electrons. The van der Waals surface area contributed by atoms with E-state index in [4.69, 9.17) is 4.74 Å². The maximum absolute atomic E-state index is 12.8. The number of ether oxygens (including phenoxy) is 1. The molecule has 2 atom stereocenters. The van der Waals surface area contributed by atoms with Crippen molar-refractivity contribution in [3.05, 3.63) is 0 Å². The molecule has 0 aromatic rings. The third kappa shape index (κ3) is 3.17. The summed E-state index contributed by atoms with van der Waals surface area (Å²) >= 11 is 0. The predicted octanol–water partition coefficient (Wildman–Crippen LogP) is 1.89. The second-order valence-electron chi connectivity index (χ2n) is 6.49. The lowest BCUT2D eigenvalue weighted by Crippen LogP contribution is -2.52. The van der Waals surface area contributed by atoms with Gasteiger partial charge >= 0.3 is 0 Å². The van der Waals surface area contributed by atoms with Crippen molar-refractivity contribution in [3.63, 3.8) is 0 Å². The number of carbonyl (C=O) groups is 1. The Morgan fingerprint density at radius 1 is 0.850 bits per heavy atom. The topological polar surface area (TPSA) is 32.8 Å². The van der Waals surface area contributed by atoms with Crippen LogP contribution in [0.25, 0.3) is 0 Å². The average Bonchev–Trinajstić information content (AvgIpc) is 2.56. The summed E-state index contributed by atoms with van der Waals surface area (Å²) in [5.74, 6) is 0.656. The highest BCUT2D eigenvalue weighted by molar-refractivity contribution is 5.79. The van der Waals surface area contributed by atoms with Gasteiger partial charge in [0.25, 0.3) is 0 Å². The number of nitrogens with zero attached hydrogens (tertiary/aromatic N) is 2. The summed E-state index contributed by atoms with van der Waals surface area (Å²) in [5, 5.41) is 0. The summed E-state index contributed by atoms with van der Waals surface area (Å²) in [6.45, 7) is 5.43. The van der Waals surface area contributed by atoms with Gasteiger partial charge in [0, 0.05) is 19.1 Å². The molecule has 0 bridgehead atoms. The van der Waals surface area contributed by atoms with E-state index >= 15 is 0 Å². The Morgan fingerprint density at radius 2 is 1.55 bits per heavy atom. The molecular weight excluding hydrogens is 252 g/mol. The molecule has 1 amide bonds. The number of amides is 1. The first-order chi connectivity index (χ1) is 9.86. The SMILES string of the molecule is O=C([C@H]1CCCC[C@H]1N1CCCCC1)N1CCOCC1. The Hall–Kier alpha value is -0.610. The molecular formula is C16H28N2O2.